The molecule has 0 aliphatic heterocycles. The van der Waals surface area contributed by atoms with Gasteiger partial charge in [0.2, 0.25) is 0 Å². The van der Waals surface area contributed by atoms with Crippen LogP contribution in [-0.2, 0) is 13.1 Å². The van der Waals surface area contributed by atoms with Crippen LogP contribution in [0.2, 0.25) is 0 Å². The number of ether oxygens (including phenoxy) is 2. The van der Waals surface area contributed by atoms with Gasteiger partial charge in [0.25, 0.3) is 0 Å². The zero-order valence-electron chi connectivity index (χ0n) is 17.5. The van der Waals surface area contributed by atoms with Crippen LogP contribution in [0.5, 0.6) is 11.5 Å². The van der Waals surface area contributed by atoms with Crippen LogP contribution < -0.4 is 20.1 Å². The van der Waals surface area contributed by atoms with Crippen molar-refractivity contribution in [2.75, 3.05) is 34.8 Å². The quantitative estimate of drug-likeness (QED) is 0.514. The Bertz CT molecular complexity index is 744. The molecule has 0 radical (unpaired) electrons. The lowest BCUT2D eigenvalue weighted by molar-refractivity contribution is 0.213. The van der Waals surface area contributed by atoms with E-state index in [1.807, 2.05) is 31.2 Å². The summed E-state index contributed by atoms with van der Waals surface area (Å²) in [6, 6.07) is 16.3. The fraction of sp³-hybridized carbons (Fsp3) is 0.409. The van der Waals surface area contributed by atoms with Crippen molar-refractivity contribution in [2.45, 2.75) is 26.1 Å². The van der Waals surface area contributed by atoms with Crippen LogP contribution >= 0.6 is 0 Å². The Balaban J connectivity index is 1.79. The minimum Gasteiger partial charge on any atom is -0.493 e. The van der Waals surface area contributed by atoms with E-state index in [0.29, 0.717) is 13.1 Å². The Morgan fingerprint density at radius 2 is 1.64 bits per heavy atom. The number of rotatable bonds is 9. The van der Waals surface area contributed by atoms with Gasteiger partial charge in [0.15, 0.2) is 17.5 Å². The van der Waals surface area contributed by atoms with Crippen molar-refractivity contribution >= 4 is 5.96 Å². The second kappa shape index (κ2) is 11.2. The predicted octanol–water partition coefficient (Wildman–Crippen LogP) is 2.89. The summed E-state index contributed by atoms with van der Waals surface area (Å²) in [6.45, 7) is 4.29. The molecule has 0 aliphatic carbocycles. The number of hydrogen-bond donors (Lipinski definition) is 2. The third-order valence-electron chi connectivity index (χ3n) is 4.16. The molecule has 0 amide bonds. The van der Waals surface area contributed by atoms with E-state index in [9.17, 15) is 0 Å². The highest BCUT2D eigenvalue weighted by Gasteiger charge is 2.09. The van der Waals surface area contributed by atoms with E-state index in [1.54, 1.807) is 14.2 Å². The third kappa shape index (κ3) is 7.12. The SMILES string of the molecule is CN=C(NCc1ccc(CN(C)C)cc1)NCC(C)Oc1ccccc1OC. The number of nitrogens with zero attached hydrogens (tertiary/aromatic N) is 2. The molecular weight excluding hydrogens is 352 g/mol. The number of nitrogens with one attached hydrogen (secondary N) is 2. The molecule has 0 bridgehead atoms. The maximum atomic E-state index is 5.96. The number of hydrogen-bond acceptors (Lipinski definition) is 4. The third-order valence-corrected chi connectivity index (χ3v) is 4.16. The smallest absolute Gasteiger partial charge is 0.191 e. The Morgan fingerprint density at radius 3 is 2.25 bits per heavy atom. The van der Waals surface area contributed by atoms with Crippen molar-refractivity contribution in [2.24, 2.45) is 4.99 Å². The first-order valence-corrected chi connectivity index (χ1v) is 9.48. The Hall–Kier alpha value is -2.73. The molecule has 1 unspecified atom stereocenters. The fourth-order valence-electron chi connectivity index (χ4n) is 2.75. The lowest BCUT2D eigenvalue weighted by Gasteiger charge is -2.19. The number of aliphatic imine (C=N–C) groups is 1. The zero-order valence-corrected chi connectivity index (χ0v) is 17.5. The summed E-state index contributed by atoms with van der Waals surface area (Å²) in [5, 5.41) is 6.64. The fourth-order valence-corrected chi connectivity index (χ4v) is 2.75. The van der Waals surface area contributed by atoms with E-state index in [2.05, 4.69) is 58.9 Å². The number of methoxy groups -OCH3 is 1. The van der Waals surface area contributed by atoms with Gasteiger partial charge in [0, 0.05) is 20.1 Å². The van der Waals surface area contributed by atoms with Crippen molar-refractivity contribution in [3.05, 3.63) is 59.7 Å². The van der Waals surface area contributed by atoms with Crippen LogP contribution in [0.25, 0.3) is 0 Å². The molecule has 2 N–H and O–H groups in total. The maximum absolute atomic E-state index is 5.96. The minimum atomic E-state index is -0.0415. The van der Waals surface area contributed by atoms with Crippen molar-refractivity contribution in [3.63, 3.8) is 0 Å². The lowest BCUT2D eigenvalue weighted by atomic mass is 10.1. The van der Waals surface area contributed by atoms with Crippen molar-refractivity contribution in [3.8, 4) is 11.5 Å². The molecular formula is C22H32N4O2. The molecule has 0 heterocycles. The van der Waals surface area contributed by atoms with E-state index in [-0.39, 0.29) is 6.10 Å². The van der Waals surface area contributed by atoms with Crippen LogP contribution in [0.1, 0.15) is 18.1 Å². The normalized spacial score (nSPS) is 12.6. The molecule has 28 heavy (non-hydrogen) atoms. The average molecular weight is 385 g/mol. The molecule has 6 heteroatoms. The highest BCUT2D eigenvalue weighted by Crippen LogP contribution is 2.26. The Kier molecular flexibility index (Phi) is 8.62. The highest BCUT2D eigenvalue weighted by atomic mass is 16.5. The summed E-state index contributed by atoms with van der Waals surface area (Å²) >= 11 is 0. The molecule has 0 saturated carbocycles. The van der Waals surface area contributed by atoms with Crippen LogP contribution in [0.15, 0.2) is 53.5 Å². The summed E-state index contributed by atoms with van der Waals surface area (Å²) in [5.74, 6) is 2.21. The van der Waals surface area contributed by atoms with Gasteiger partial charge in [-0.25, -0.2) is 0 Å². The molecule has 0 spiro atoms. The molecule has 2 rings (SSSR count). The van der Waals surface area contributed by atoms with Gasteiger partial charge in [0.1, 0.15) is 6.10 Å². The highest BCUT2D eigenvalue weighted by molar-refractivity contribution is 5.79. The monoisotopic (exact) mass is 384 g/mol. The van der Waals surface area contributed by atoms with Crippen molar-refractivity contribution in [1.82, 2.24) is 15.5 Å². The van der Waals surface area contributed by atoms with Crippen LogP contribution in [-0.4, -0.2) is 51.8 Å². The summed E-state index contributed by atoms with van der Waals surface area (Å²) in [6.07, 6.45) is -0.0415. The second-order valence-corrected chi connectivity index (χ2v) is 6.94. The Morgan fingerprint density at radius 1 is 1.00 bits per heavy atom. The van der Waals surface area contributed by atoms with Crippen molar-refractivity contribution in [1.29, 1.82) is 0 Å². The van der Waals surface area contributed by atoms with Gasteiger partial charge < -0.3 is 25.0 Å². The zero-order chi connectivity index (χ0) is 20.4. The molecule has 6 nitrogen and oxygen atoms in total. The lowest BCUT2D eigenvalue weighted by Crippen LogP contribution is -2.41. The van der Waals surface area contributed by atoms with Gasteiger partial charge in [-0.05, 0) is 44.3 Å². The van der Waals surface area contributed by atoms with E-state index in [1.165, 1.54) is 11.1 Å². The van der Waals surface area contributed by atoms with Gasteiger partial charge in [-0.2, -0.15) is 0 Å². The van der Waals surface area contributed by atoms with Gasteiger partial charge in [-0.3, -0.25) is 4.99 Å². The standard InChI is InChI=1S/C22H32N4O2/c1-17(28-21-9-7-6-8-20(21)27-5)14-24-22(23-2)25-15-18-10-12-19(13-11-18)16-26(3)4/h6-13,17H,14-16H2,1-5H3,(H2,23,24,25). The van der Waals surface area contributed by atoms with Gasteiger partial charge in [-0.15, -0.1) is 0 Å². The van der Waals surface area contributed by atoms with Crippen LogP contribution in [0.4, 0.5) is 0 Å². The largest absolute Gasteiger partial charge is 0.493 e. The van der Waals surface area contributed by atoms with Gasteiger partial charge in [-0.1, -0.05) is 36.4 Å². The topological polar surface area (TPSA) is 58.1 Å². The minimum absolute atomic E-state index is 0.0415. The van der Waals surface area contributed by atoms with Crippen LogP contribution in [0.3, 0.4) is 0 Å². The van der Waals surface area contributed by atoms with E-state index >= 15 is 0 Å². The summed E-state index contributed by atoms with van der Waals surface area (Å²) in [4.78, 5) is 6.44. The summed E-state index contributed by atoms with van der Waals surface area (Å²) in [5.41, 5.74) is 2.52. The molecule has 1 atom stereocenters. The van der Waals surface area contributed by atoms with E-state index in [0.717, 1.165) is 24.0 Å². The molecule has 2 aromatic carbocycles. The van der Waals surface area contributed by atoms with E-state index < -0.39 is 0 Å². The number of benzene rings is 2. The molecule has 0 aromatic heterocycles. The molecule has 0 aliphatic rings. The van der Waals surface area contributed by atoms with Crippen molar-refractivity contribution < 1.29 is 9.47 Å². The summed E-state index contributed by atoms with van der Waals surface area (Å²) in [7, 11) is 7.55. The first-order valence-electron chi connectivity index (χ1n) is 9.48. The first-order chi connectivity index (χ1) is 13.5. The molecule has 2 aromatic rings. The predicted molar refractivity (Wildman–Crippen MR) is 115 cm³/mol. The average Bonchev–Trinajstić information content (AvgIpc) is 2.69. The number of guanidine groups is 1. The second-order valence-electron chi connectivity index (χ2n) is 6.94. The van der Waals surface area contributed by atoms with Crippen LogP contribution in [0, 0.1) is 0 Å². The van der Waals surface area contributed by atoms with E-state index in [4.69, 9.17) is 9.47 Å². The molecule has 0 saturated heterocycles. The Labute approximate surface area is 168 Å². The first kappa shape index (κ1) is 21.6. The number of para-hydroxylation sites is 2. The molecule has 0 fully saturated rings. The summed E-state index contributed by atoms with van der Waals surface area (Å²) < 4.78 is 11.3. The van der Waals surface area contributed by atoms with Gasteiger partial charge in [0.05, 0.1) is 13.7 Å². The van der Waals surface area contributed by atoms with Gasteiger partial charge >= 0.3 is 0 Å². The molecule has 152 valence electrons. The maximum Gasteiger partial charge on any atom is 0.191 e.